The van der Waals surface area contributed by atoms with Gasteiger partial charge in [0.15, 0.2) is 0 Å². The molecule has 2 rings (SSSR count). The van der Waals surface area contributed by atoms with Gasteiger partial charge in [0.25, 0.3) is 0 Å². The Hall–Kier alpha value is -1.88. The highest BCUT2D eigenvalue weighted by Crippen LogP contribution is 2.08. The first-order valence-electron chi connectivity index (χ1n) is 7.47. The molecule has 1 aromatic rings. The predicted octanol–water partition coefficient (Wildman–Crippen LogP) is 0.639. The second-order valence-electron chi connectivity index (χ2n) is 5.42. The molecule has 114 valence electrons. The van der Waals surface area contributed by atoms with E-state index in [0.29, 0.717) is 19.4 Å². The molecule has 2 amide bonds. The molecule has 1 aromatic carbocycles. The van der Waals surface area contributed by atoms with Crippen LogP contribution < -0.4 is 5.73 Å². The number of carbonyl (C=O) groups is 2. The summed E-state index contributed by atoms with van der Waals surface area (Å²) in [5.41, 5.74) is 6.35. The zero-order valence-electron chi connectivity index (χ0n) is 12.3. The van der Waals surface area contributed by atoms with Crippen molar-refractivity contribution >= 4 is 11.8 Å². The molecule has 2 N–H and O–H groups in total. The van der Waals surface area contributed by atoms with Gasteiger partial charge in [-0.05, 0) is 12.0 Å². The predicted molar refractivity (Wildman–Crippen MR) is 81.6 cm³/mol. The van der Waals surface area contributed by atoms with Gasteiger partial charge in [-0.25, -0.2) is 0 Å². The summed E-state index contributed by atoms with van der Waals surface area (Å²) in [4.78, 5) is 27.0. The Bertz CT molecular complexity index is 468. The van der Waals surface area contributed by atoms with Crippen LogP contribution in [0, 0.1) is 0 Å². The first-order chi connectivity index (χ1) is 10.1. The van der Waals surface area contributed by atoms with Gasteiger partial charge in [-0.1, -0.05) is 30.3 Å². The minimum Gasteiger partial charge on any atom is -0.370 e. The summed E-state index contributed by atoms with van der Waals surface area (Å²) in [6.07, 6.45) is 1.74. The van der Waals surface area contributed by atoms with Gasteiger partial charge in [0.05, 0.1) is 0 Å². The molecule has 0 bridgehead atoms. The van der Waals surface area contributed by atoms with Crippen LogP contribution >= 0.6 is 0 Å². The molecule has 0 unspecified atom stereocenters. The molecule has 0 spiro atoms. The van der Waals surface area contributed by atoms with E-state index in [9.17, 15) is 9.59 Å². The Morgan fingerprint density at radius 1 is 1.00 bits per heavy atom. The number of aryl methyl sites for hydroxylation is 1. The van der Waals surface area contributed by atoms with E-state index in [4.69, 9.17) is 5.73 Å². The number of hydrogen-bond acceptors (Lipinski definition) is 3. The first-order valence-corrected chi connectivity index (χ1v) is 7.47. The maximum absolute atomic E-state index is 12.2. The molecule has 1 aliphatic rings. The Morgan fingerprint density at radius 3 is 2.29 bits per heavy atom. The zero-order valence-corrected chi connectivity index (χ0v) is 12.3. The van der Waals surface area contributed by atoms with E-state index in [-0.39, 0.29) is 11.8 Å². The minimum absolute atomic E-state index is 0.216. The zero-order chi connectivity index (χ0) is 15.1. The van der Waals surface area contributed by atoms with Crippen LogP contribution in [0.4, 0.5) is 0 Å². The van der Waals surface area contributed by atoms with Crippen molar-refractivity contribution in [3.8, 4) is 0 Å². The molecule has 1 aliphatic heterocycles. The number of nitrogens with zero attached hydrogens (tertiary/aromatic N) is 2. The summed E-state index contributed by atoms with van der Waals surface area (Å²) in [7, 11) is 0. The number of primary amides is 1. The molecule has 5 nitrogen and oxygen atoms in total. The molecular weight excluding hydrogens is 266 g/mol. The maximum Gasteiger partial charge on any atom is 0.222 e. The minimum atomic E-state index is -0.267. The third-order valence-electron chi connectivity index (χ3n) is 3.87. The molecule has 21 heavy (non-hydrogen) atoms. The molecule has 0 aliphatic carbocycles. The molecular formula is C16H23N3O2. The molecule has 0 aromatic heterocycles. The number of rotatable bonds is 6. The molecule has 1 heterocycles. The van der Waals surface area contributed by atoms with Crippen LogP contribution in [0.5, 0.6) is 0 Å². The summed E-state index contributed by atoms with van der Waals surface area (Å²) >= 11 is 0. The highest BCUT2D eigenvalue weighted by molar-refractivity contribution is 5.76. The number of piperazine rings is 1. The molecule has 5 heteroatoms. The van der Waals surface area contributed by atoms with Crippen molar-refractivity contribution in [1.82, 2.24) is 9.80 Å². The highest BCUT2D eigenvalue weighted by Gasteiger charge is 2.20. The number of benzene rings is 1. The normalized spacial score (nSPS) is 15.9. The van der Waals surface area contributed by atoms with Crippen LogP contribution in [0.1, 0.15) is 18.4 Å². The van der Waals surface area contributed by atoms with Crippen LogP contribution in [0.15, 0.2) is 30.3 Å². The second kappa shape index (κ2) is 7.78. The van der Waals surface area contributed by atoms with Gasteiger partial charge >= 0.3 is 0 Å². The van der Waals surface area contributed by atoms with Crippen LogP contribution in [-0.4, -0.2) is 54.3 Å². The third kappa shape index (κ3) is 5.19. The average Bonchev–Trinajstić information content (AvgIpc) is 2.52. The van der Waals surface area contributed by atoms with Gasteiger partial charge in [-0.15, -0.1) is 0 Å². The van der Waals surface area contributed by atoms with Crippen LogP contribution in [-0.2, 0) is 16.0 Å². The van der Waals surface area contributed by atoms with Crippen LogP contribution in [0.3, 0.4) is 0 Å². The fourth-order valence-corrected chi connectivity index (χ4v) is 2.54. The summed E-state index contributed by atoms with van der Waals surface area (Å²) in [5.74, 6) is -0.0511. The Labute approximate surface area is 125 Å². The van der Waals surface area contributed by atoms with Gasteiger partial charge in [0, 0.05) is 45.6 Å². The summed E-state index contributed by atoms with van der Waals surface area (Å²) < 4.78 is 0. The first kappa shape index (κ1) is 15.5. The third-order valence-corrected chi connectivity index (χ3v) is 3.87. The maximum atomic E-state index is 12.2. The number of nitrogens with two attached hydrogens (primary N) is 1. The van der Waals surface area contributed by atoms with E-state index in [1.165, 1.54) is 5.56 Å². The van der Waals surface area contributed by atoms with Crippen molar-refractivity contribution in [1.29, 1.82) is 0 Å². The largest absolute Gasteiger partial charge is 0.370 e. The van der Waals surface area contributed by atoms with E-state index in [0.717, 1.165) is 32.6 Å². The average molecular weight is 289 g/mol. The smallest absolute Gasteiger partial charge is 0.222 e. The van der Waals surface area contributed by atoms with Gasteiger partial charge < -0.3 is 10.6 Å². The Balaban J connectivity index is 1.69. The van der Waals surface area contributed by atoms with Crippen molar-refractivity contribution in [2.24, 2.45) is 5.73 Å². The van der Waals surface area contributed by atoms with Gasteiger partial charge in [0.2, 0.25) is 11.8 Å². The lowest BCUT2D eigenvalue weighted by Crippen LogP contribution is -2.49. The van der Waals surface area contributed by atoms with E-state index >= 15 is 0 Å². The fourth-order valence-electron chi connectivity index (χ4n) is 2.54. The van der Waals surface area contributed by atoms with Crippen LogP contribution in [0.2, 0.25) is 0 Å². The standard InChI is InChI=1S/C16H23N3O2/c17-15(20)8-9-18-10-12-19(13-11-18)16(21)7-6-14-4-2-1-3-5-14/h1-5H,6-13H2,(H2,17,20). The lowest BCUT2D eigenvalue weighted by Gasteiger charge is -2.34. The summed E-state index contributed by atoms with van der Waals surface area (Å²) in [6, 6.07) is 10.1. The fraction of sp³-hybridized carbons (Fsp3) is 0.500. The van der Waals surface area contributed by atoms with Crippen molar-refractivity contribution in [2.45, 2.75) is 19.3 Å². The van der Waals surface area contributed by atoms with Gasteiger partial charge in [0.1, 0.15) is 0 Å². The highest BCUT2D eigenvalue weighted by atomic mass is 16.2. The summed E-state index contributed by atoms with van der Waals surface area (Å²) in [6.45, 7) is 3.83. The molecule has 1 saturated heterocycles. The van der Waals surface area contributed by atoms with Crippen molar-refractivity contribution in [3.63, 3.8) is 0 Å². The number of amides is 2. The van der Waals surface area contributed by atoms with Crippen LogP contribution in [0.25, 0.3) is 0 Å². The van der Waals surface area contributed by atoms with Crippen molar-refractivity contribution in [2.75, 3.05) is 32.7 Å². The number of carbonyl (C=O) groups excluding carboxylic acids is 2. The van der Waals surface area contributed by atoms with Gasteiger partial charge in [-0.3, -0.25) is 14.5 Å². The molecule has 0 saturated carbocycles. The van der Waals surface area contributed by atoms with E-state index in [2.05, 4.69) is 17.0 Å². The Morgan fingerprint density at radius 2 is 1.67 bits per heavy atom. The lowest BCUT2D eigenvalue weighted by molar-refractivity contribution is -0.133. The van der Waals surface area contributed by atoms with E-state index < -0.39 is 0 Å². The van der Waals surface area contributed by atoms with Gasteiger partial charge in [-0.2, -0.15) is 0 Å². The van der Waals surface area contributed by atoms with E-state index in [1.807, 2.05) is 23.1 Å². The second-order valence-corrected chi connectivity index (χ2v) is 5.42. The molecule has 1 fully saturated rings. The molecule has 0 atom stereocenters. The summed E-state index contributed by atoms with van der Waals surface area (Å²) in [5, 5.41) is 0. The van der Waals surface area contributed by atoms with Crippen molar-refractivity contribution < 1.29 is 9.59 Å². The quantitative estimate of drug-likeness (QED) is 0.835. The topological polar surface area (TPSA) is 66.6 Å². The van der Waals surface area contributed by atoms with Crippen molar-refractivity contribution in [3.05, 3.63) is 35.9 Å². The molecule has 0 radical (unpaired) electrons. The SMILES string of the molecule is NC(=O)CCN1CCN(C(=O)CCc2ccccc2)CC1. The van der Waals surface area contributed by atoms with E-state index in [1.54, 1.807) is 0 Å². The monoisotopic (exact) mass is 289 g/mol. The lowest BCUT2D eigenvalue weighted by atomic mass is 10.1. The Kier molecular flexibility index (Phi) is 5.75. The number of hydrogen-bond donors (Lipinski definition) is 1.